The van der Waals surface area contributed by atoms with Gasteiger partial charge in [0, 0.05) is 0 Å². The monoisotopic (exact) mass is 246 g/mol. The molecule has 0 saturated heterocycles. The van der Waals surface area contributed by atoms with Crippen molar-refractivity contribution in [1.29, 1.82) is 0 Å². The second-order valence-corrected chi connectivity index (χ2v) is 1.68. The number of ether oxygens (including phenoxy) is 1. The molecule has 0 saturated carbocycles. The molecule has 1 rings (SSSR count). The normalized spacial score (nSPS) is 7.92. The zero-order valence-corrected chi connectivity index (χ0v) is 9.40. The molecule has 0 amide bonds. The van der Waals surface area contributed by atoms with E-state index in [0.717, 1.165) is 12.1 Å². The molecule has 0 spiro atoms. The molecule has 0 fully saturated rings. The van der Waals surface area contributed by atoms with Crippen molar-refractivity contribution in [2.24, 2.45) is 0 Å². The SMILES string of the molecule is COc1c(F)c[c-]cc1F.[Br-].[Mg+2]. The summed E-state index contributed by atoms with van der Waals surface area (Å²) in [7, 11) is 1.21. The maximum atomic E-state index is 12.5. The Hall–Kier alpha value is 0.126. The Morgan fingerprint density at radius 1 is 1.25 bits per heavy atom. The van der Waals surface area contributed by atoms with Crippen molar-refractivity contribution < 1.29 is 30.5 Å². The van der Waals surface area contributed by atoms with E-state index < -0.39 is 11.6 Å². The first-order valence-corrected chi connectivity index (χ1v) is 2.65. The molecular weight excluding hydrogens is 242 g/mol. The van der Waals surface area contributed by atoms with E-state index in [1.807, 2.05) is 0 Å². The fourth-order valence-corrected chi connectivity index (χ4v) is 0.628. The van der Waals surface area contributed by atoms with Crippen LogP contribution in [0.4, 0.5) is 8.78 Å². The molecule has 0 unspecified atom stereocenters. The van der Waals surface area contributed by atoms with Gasteiger partial charge in [-0.25, -0.2) is 0 Å². The maximum Gasteiger partial charge on any atom is 2.00 e. The maximum absolute atomic E-state index is 12.5. The van der Waals surface area contributed by atoms with Crippen molar-refractivity contribution in [3.63, 3.8) is 0 Å². The van der Waals surface area contributed by atoms with Gasteiger partial charge in [-0.05, 0) is 0 Å². The van der Waals surface area contributed by atoms with Crippen LogP contribution in [0.2, 0.25) is 0 Å². The minimum atomic E-state index is -0.734. The largest absolute Gasteiger partial charge is 2.00 e. The Morgan fingerprint density at radius 2 is 1.67 bits per heavy atom. The van der Waals surface area contributed by atoms with Crippen molar-refractivity contribution in [2.75, 3.05) is 7.11 Å². The van der Waals surface area contributed by atoms with Gasteiger partial charge in [0.1, 0.15) is 0 Å². The fraction of sp³-hybridized carbons (Fsp3) is 0.143. The number of halogens is 3. The second-order valence-electron chi connectivity index (χ2n) is 1.68. The minimum Gasteiger partial charge on any atom is -1.00 e. The van der Waals surface area contributed by atoms with Gasteiger partial charge in [-0.3, -0.25) is 8.78 Å². The van der Waals surface area contributed by atoms with Crippen LogP contribution in [0, 0.1) is 17.7 Å². The van der Waals surface area contributed by atoms with Gasteiger partial charge in [0.15, 0.2) is 0 Å². The quantitative estimate of drug-likeness (QED) is 0.429. The zero-order chi connectivity index (χ0) is 7.56. The van der Waals surface area contributed by atoms with Crippen LogP contribution in [0.15, 0.2) is 12.1 Å². The van der Waals surface area contributed by atoms with E-state index >= 15 is 0 Å². The van der Waals surface area contributed by atoms with Crippen LogP contribution >= 0.6 is 0 Å². The molecular formula is C7H5BrF2MgO. The summed E-state index contributed by atoms with van der Waals surface area (Å²) in [5, 5.41) is 0. The van der Waals surface area contributed by atoms with E-state index in [9.17, 15) is 8.78 Å². The van der Waals surface area contributed by atoms with Gasteiger partial charge in [0.2, 0.25) is 0 Å². The van der Waals surface area contributed by atoms with Gasteiger partial charge in [0.25, 0.3) is 0 Å². The van der Waals surface area contributed by atoms with Crippen LogP contribution in [-0.2, 0) is 0 Å². The van der Waals surface area contributed by atoms with Crippen LogP contribution < -0.4 is 21.7 Å². The predicted octanol–water partition coefficient (Wildman–Crippen LogP) is -1.60. The summed E-state index contributed by atoms with van der Waals surface area (Å²) >= 11 is 0. The summed E-state index contributed by atoms with van der Waals surface area (Å²) < 4.78 is 29.3. The molecule has 0 radical (unpaired) electrons. The Balaban J connectivity index is 0. The molecule has 0 aliphatic carbocycles. The summed E-state index contributed by atoms with van der Waals surface area (Å²) in [5.74, 6) is -1.83. The number of rotatable bonds is 1. The number of hydrogen-bond donors (Lipinski definition) is 0. The van der Waals surface area contributed by atoms with Crippen LogP contribution in [-0.4, -0.2) is 30.2 Å². The first-order valence-electron chi connectivity index (χ1n) is 2.65. The molecule has 0 aliphatic heterocycles. The van der Waals surface area contributed by atoms with Crippen LogP contribution in [0.5, 0.6) is 5.75 Å². The average Bonchev–Trinajstić information content (AvgIpc) is 1.88. The standard InChI is InChI=1S/C7H5F2O.BrH.Mg/c1-10-7-5(8)3-2-4-6(7)9;;/h3-4H,1H3;1H;/q-1;;+2/p-1. The Bertz CT molecular complexity index is 225. The molecule has 0 N–H and O–H groups in total. The molecule has 0 atom stereocenters. The zero-order valence-electron chi connectivity index (χ0n) is 6.40. The molecule has 0 bridgehead atoms. The third kappa shape index (κ3) is 3.24. The van der Waals surface area contributed by atoms with Crippen LogP contribution in [0.3, 0.4) is 0 Å². The van der Waals surface area contributed by atoms with Gasteiger partial charge in [-0.1, -0.05) is 0 Å². The summed E-state index contributed by atoms with van der Waals surface area (Å²) in [6, 6.07) is 4.31. The van der Waals surface area contributed by atoms with Crippen molar-refractivity contribution >= 4 is 23.1 Å². The number of hydrogen-bond acceptors (Lipinski definition) is 1. The summed E-state index contributed by atoms with van der Waals surface area (Å²) in [5.41, 5.74) is 0. The molecule has 0 heterocycles. The van der Waals surface area contributed by atoms with Gasteiger partial charge >= 0.3 is 23.1 Å². The smallest absolute Gasteiger partial charge is 1.00 e. The van der Waals surface area contributed by atoms with Crippen molar-refractivity contribution in [3.05, 3.63) is 29.8 Å². The first-order chi connectivity index (χ1) is 4.75. The average molecular weight is 247 g/mol. The molecule has 1 aromatic rings. The van der Waals surface area contributed by atoms with E-state index in [-0.39, 0.29) is 45.8 Å². The topological polar surface area (TPSA) is 9.23 Å². The van der Waals surface area contributed by atoms with Crippen LogP contribution in [0.25, 0.3) is 0 Å². The third-order valence-corrected chi connectivity index (χ3v) is 1.06. The minimum absolute atomic E-state index is 0. The van der Waals surface area contributed by atoms with E-state index in [1.165, 1.54) is 7.11 Å². The Kier molecular flexibility index (Phi) is 8.08. The molecule has 62 valence electrons. The molecule has 5 heteroatoms. The molecule has 0 aromatic heterocycles. The summed E-state index contributed by atoms with van der Waals surface area (Å²) in [4.78, 5) is 0. The van der Waals surface area contributed by atoms with Gasteiger partial charge in [-0.15, -0.1) is 12.1 Å². The summed E-state index contributed by atoms with van der Waals surface area (Å²) in [6.07, 6.45) is 0. The van der Waals surface area contributed by atoms with Gasteiger partial charge < -0.3 is 21.7 Å². The summed E-state index contributed by atoms with van der Waals surface area (Å²) in [6.45, 7) is 0. The van der Waals surface area contributed by atoms with E-state index in [0.29, 0.717) is 0 Å². The van der Waals surface area contributed by atoms with Crippen LogP contribution in [0.1, 0.15) is 0 Å². The number of methoxy groups -OCH3 is 1. The van der Waals surface area contributed by atoms with E-state index in [4.69, 9.17) is 0 Å². The molecule has 0 aliphatic rings. The predicted molar refractivity (Wildman–Crippen MR) is 37.5 cm³/mol. The fourth-order valence-electron chi connectivity index (χ4n) is 0.628. The third-order valence-electron chi connectivity index (χ3n) is 1.06. The van der Waals surface area contributed by atoms with Crippen molar-refractivity contribution in [1.82, 2.24) is 0 Å². The van der Waals surface area contributed by atoms with E-state index in [2.05, 4.69) is 10.8 Å². The van der Waals surface area contributed by atoms with Crippen molar-refractivity contribution in [2.45, 2.75) is 0 Å². The first kappa shape index (κ1) is 14.6. The molecule has 1 aromatic carbocycles. The molecule has 12 heavy (non-hydrogen) atoms. The second kappa shape index (κ2) is 6.62. The van der Waals surface area contributed by atoms with E-state index in [1.54, 1.807) is 0 Å². The molecule has 1 nitrogen and oxygen atoms in total. The Labute approximate surface area is 96.0 Å². The van der Waals surface area contributed by atoms with Gasteiger partial charge in [0.05, 0.1) is 24.5 Å². The van der Waals surface area contributed by atoms with Crippen molar-refractivity contribution in [3.8, 4) is 5.75 Å². The Morgan fingerprint density at radius 3 is 1.92 bits per heavy atom. The van der Waals surface area contributed by atoms with Gasteiger partial charge in [-0.2, -0.15) is 6.07 Å². The number of benzene rings is 1.